The van der Waals surface area contributed by atoms with Gasteiger partial charge in [-0.3, -0.25) is 4.57 Å². The van der Waals surface area contributed by atoms with Gasteiger partial charge in [-0.2, -0.15) is 0 Å². The van der Waals surface area contributed by atoms with Crippen LogP contribution in [0.5, 0.6) is 0 Å². The van der Waals surface area contributed by atoms with Crippen molar-refractivity contribution in [2.75, 3.05) is 6.16 Å². The lowest BCUT2D eigenvalue weighted by Gasteiger charge is -2.11. The van der Waals surface area contributed by atoms with E-state index >= 15 is 0 Å². The molecule has 0 saturated carbocycles. The van der Waals surface area contributed by atoms with Crippen molar-refractivity contribution in [2.45, 2.75) is 77.3 Å². The van der Waals surface area contributed by atoms with Gasteiger partial charge in [-0.1, -0.05) is 95.0 Å². The van der Waals surface area contributed by atoms with Crippen molar-refractivity contribution in [1.29, 1.82) is 0 Å². The first-order chi connectivity index (χ1) is 10.6. The van der Waals surface area contributed by atoms with Gasteiger partial charge in [0, 0.05) is 12.3 Å². The third-order valence-electron chi connectivity index (χ3n) is 4.13. The fourth-order valence-corrected chi connectivity index (χ4v) is 4.45. The Morgan fingerprint density at radius 3 is 1.86 bits per heavy atom. The van der Waals surface area contributed by atoms with E-state index in [-0.39, 0.29) is 0 Å². The minimum atomic E-state index is -2.99. The summed E-state index contributed by atoms with van der Waals surface area (Å²) < 4.78 is 12.2. The van der Waals surface area contributed by atoms with Crippen LogP contribution in [0.4, 0.5) is 0 Å². The lowest BCUT2D eigenvalue weighted by molar-refractivity contribution is 0.472. The first kappa shape index (κ1) is 19.5. The first-order valence-electron chi connectivity index (χ1n) is 8.99. The maximum Gasteiger partial charge on any atom is 0.204 e. The highest BCUT2D eigenvalue weighted by molar-refractivity contribution is 7.57. The second-order valence-electron chi connectivity index (χ2n) is 6.40. The topological polar surface area (TPSA) is 37.3 Å². The Bertz CT molecular complexity index is 417. The molecule has 0 aromatic heterocycles. The monoisotopic (exact) mass is 324 g/mol. The minimum absolute atomic E-state index is 0.325. The molecule has 0 saturated heterocycles. The van der Waals surface area contributed by atoms with E-state index < -0.39 is 7.37 Å². The highest BCUT2D eigenvalue weighted by Gasteiger charge is 2.17. The summed E-state index contributed by atoms with van der Waals surface area (Å²) in [5, 5.41) is 0. The number of hydrogen-bond donors (Lipinski definition) is 1. The molecule has 0 bridgehead atoms. The number of unbranched alkanes of at least 4 members (excludes halogenated alkanes) is 9. The van der Waals surface area contributed by atoms with E-state index in [1.54, 1.807) is 0 Å². The predicted octanol–water partition coefficient (Wildman–Crippen LogP) is 6.38. The van der Waals surface area contributed by atoms with Gasteiger partial charge in [0.25, 0.3) is 0 Å². The highest BCUT2D eigenvalue weighted by Crippen LogP contribution is 2.45. The summed E-state index contributed by atoms with van der Waals surface area (Å²) >= 11 is 0. The normalized spacial score (nSPS) is 13.9. The van der Waals surface area contributed by atoms with Crippen molar-refractivity contribution in [1.82, 2.24) is 0 Å². The van der Waals surface area contributed by atoms with Crippen LogP contribution >= 0.6 is 7.37 Å². The van der Waals surface area contributed by atoms with Crippen LogP contribution in [0.15, 0.2) is 30.3 Å². The van der Waals surface area contributed by atoms with Crippen molar-refractivity contribution in [3.8, 4) is 0 Å². The van der Waals surface area contributed by atoms with Crippen LogP contribution in [0, 0.1) is 0 Å². The molecule has 0 heterocycles. The molecule has 3 heteroatoms. The van der Waals surface area contributed by atoms with Crippen LogP contribution in [-0.2, 0) is 10.7 Å². The molecule has 1 atom stereocenters. The molecule has 0 amide bonds. The maximum atomic E-state index is 12.2. The number of rotatable bonds is 13. The molecule has 1 rings (SSSR count). The van der Waals surface area contributed by atoms with E-state index in [0.29, 0.717) is 12.3 Å². The summed E-state index contributed by atoms with van der Waals surface area (Å²) in [6.07, 6.45) is 13.4. The van der Waals surface area contributed by atoms with Gasteiger partial charge in [0.05, 0.1) is 0 Å². The Morgan fingerprint density at radius 2 is 1.32 bits per heavy atom. The minimum Gasteiger partial charge on any atom is -0.344 e. The lowest BCUT2D eigenvalue weighted by Crippen LogP contribution is -1.94. The van der Waals surface area contributed by atoms with Gasteiger partial charge in [0.15, 0.2) is 0 Å². The van der Waals surface area contributed by atoms with Crippen LogP contribution in [0.3, 0.4) is 0 Å². The number of hydrogen-bond acceptors (Lipinski definition) is 1. The fraction of sp³-hybridized carbons (Fsp3) is 0.684. The van der Waals surface area contributed by atoms with Crippen LogP contribution in [0.1, 0.15) is 76.7 Å². The summed E-state index contributed by atoms with van der Waals surface area (Å²) in [5.74, 6) is 0. The van der Waals surface area contributed by atoms with Gasteiger partial charge in [-0.15, -0.1) is 0 Å². The SMILES string of the molecule is CCCCCCCCCCCCP(=O)(O)Cc1ccccc1. The van der Waals surface area contributed by atoms with E-state index in [1.165, 1.54) is 51.4 Å². The molecule has 1 aromatic rings. The quantitative estimate of drug-likeness (QED) is 0.338. The molecular formula is C19H33O2P. The van der Waals surface area contributed by atoms with Crippen molar-refractivity contribution in [2.24, 2.45) is 0 Å². The van der Waals surface area contributed by atoms with Gasteiger partial charge in [0.1, 0.15) is 0 Å². The molecule has 0 spiro atoms. The molecule has 0 radical (unpaired) electrons. The van der Waals surface area contributed by atoms with E-state index in [4.69, 9.17) is 0 Å². The Hall–Kier alpha value is -0.590. The maximum absolute atomic E-state index is 12.2. The molecule has 2 nitrogen and oxygen atoms in total. The van der Waals surface area contributed by atoms with Gasteiger partial charge in [-0.25, -0.2) is 0 Å². The van der Waals surface area contributed by atoms with Crippen LogP contribution < -0.4 is 0 Å². The number of benzene rings is 1. The van der Waals surface area contributed by atoms with Gasteiger partial charge >= 0.3 is 0 Å². The van der Waals surface area contributed by atoms with Gasteiger partial charge < -0.3 is 4.89 Å². The van der Waals surface area contributed by atoms with Crippen molar-refractivity contribution in [3.63, 3.8) is 0 Å². The summed E-state index contributed by atoms with van der Waals surface area (Å²) in [4.78, 5) is 10.0. The predicted molar refractivity (Wildman–Crippen MR) is 96.7 cm³/mol. The zero-order chi connectivity index (χ0) is 16.1. The average molecular weight is 324 g/mol. The van der Waals surface area contributed by atoms with Crippen LogP contribution in [0.25, 0.3) is 0 Å². The van der Waals surface area contributed by atoms with E-state index in [9.17, 15) is 9.46 Å². The standard InChI is InChI=1S/C19H33O2P/c1-2-3-4-5-6-7-8-9-10-14-17-22(20,21)18-19-15-12-11-13-16-19/h11-13,15-16H,2-10,14,17-18H2,1H3,(H,20,21). The third-order valence-corrected chi connectivity index (χ3v) is 6.01. The fourth-order valence-electron chi connectivity index (χ4n) is 2.79. The zero-order valence-corrected chi connectivity index (χ0v) is 15.1. The third kappa shape index (κ3) is 10.2. The molecule has 0 aliphatic heterocycles. The first-order valence-corrected chi connectivity index (χ1v) is 11.0. The average Bonchev–Trinajstić information content (AvgIpc) is 2.49. The van der Waals surface area contributed by atoms with Crippen LogP contribution in [-0.4, -0.2) is 11.1 Å². The summed E-state index contributed by atoms with van der Waals surface area (Å²) in [6, 6.07) is 9.66. The van der Waals surface area contributed by atoms with E-state index in [2.05, 4.69) is 6.92 Å². The van der Waals surface area contributed by atoms with Crippen LogP contribution in [0.2, 0.25) is 0 Å². The molecular weight excluding hydrogens is 291 g/mol. The molecule has 0 aliphatic carbocycles. The Morgan fingerprint density at radius 1 is 0.818 bits per heavy atom. The molecule has 1 N–H and O–H groups in total. The molecule has 0 aliphatic rings. The highest BCUT2D eigenvalue weighted by atomic mass is 31.2. The summed E-state index contributed by atoms with van der Waals surface area (Å²) in [5.41, 5.74) is 0.973. The molecule has 22 heavy (non-hydrogen) atoms. The van der Waals surface area contributed by atoms with Crippen molar-refractivity contribution in [3.05, 3.63) is 35.9 Å². The Labute approximate surface area is 136 Å². The van der Waals surface area contributed by atoms with Crippen molar-refractivity contribution < 1.29 is 9.46 Å². The van der Waals surface area contributed by atoms with E-state index in [1.807, 2.05) is 30.3 Å². The Balaban J connectivity index is 2.00. The largest absolute Gasteiger partial charge is 0.344 e. The molecule has 1 unspecified atom stereocenters. The zero-order valence-electron chi connectivity index (χ0n) is 14.2. The van der Waals surface area contributed by atoms with Gasteiger partial charge in [-0.05, 0) is 12.0 Å². The second kappa shape index (κ2) is 11.9. The summed E-state index contributed by atoms with van der Waals surface area (Å²) in [7, 11) is -2.99. The Kier molecular flexibility index (Phi) is 10.5. The molecule has 0 fully saturated rings. The smallest absolute Gasteiger partial charge is 0.204 e. The van der Waals surface area contributed by atoms with Gasteiger partial charge in [0.2, 0.25) is 7.37 Å². The molecule has 1 aromatic carbocycles. The summed E-state index contributed by atoms with van der Waals surface area (Å²) in [6.45, 7) is 2.25. The van der Waals surface area contributed by atoms with Crippen molar-refractivity contribution >= 4 is 7.37 Å². The second-order valence-corrected chi connectivity index (χ2v) is 8.85. The van der Waals surface area contributed by atoms with E-state index in [0.717, 1.165) is 18.4 Å². The lowest BCUT2D eigenvalue weighted by atomic mass is 10.1. The molecule has 126 valence electrons.